The highest BCUT2D eigenvalue weighted by molar-refractivity contribution is 5.93. The molecular formula is C13H9NO2. The Bertz CT molecular complexity index is 485. The largest absolute Gasteiger partial charge is 0.298 e. The number of carbonyl (C=O) groups is 2. The summed E-state index contributed by atoms with van der Waals surface area (Å²) in [6, 6.07) is 10.6. The molecule has 0 saturated heterocycles. The predicted octanol–water partition coefficient (Wildman–Crippen LogP) is 2.37. The lowest BCUT2D eigenvalue weighted by Gasteiger charge is -2.05. The van der Waals surface area contributed by atoms with E-state index in [9.17, 15) is 9.59 Å². The van der Waals surface area contributed by atoms with Gasteiger partial charge < -0.3 is 0 Å². The first-order valence-corrected chi connectivity index (χ1v) is 4.81. The lowest BCUT2D eigenvalue weighted by atomic mass is 9.99. The highest BCUT2D eigenvalue weighted by Gasteiger charge is 2.08. The molecule has 0 fully saturated rings. The molecule has 1 aromatic heterocycles. The van der Waals surface area contributed by atoms with Crippen molar-refractivity contribution in [1.29, 1.82) is 0 Å². The van der Waals surface area contributed by atoms with Gasteiger partial charge in [0.15, 0.2) is 12.6 Å². The topological polar surface area (TPSA) is 47.0 Å². The smallest absolute Gasteiger partial charge is 0.169 e. The normalized spacial score (nSPS) is 9.75. The van der Waals surface area contributed by atoms with Gasteiger partial charge in [-0.1, -0.05) is 30.3 Å². The Morgan fingerprint density at radius 3 is 2.38 bits per heavy atom. The van der Waals surface area contributed by atoms with Crippen molar-refractivity contribution in [2.24, 2.45) is 0 Å². The summed E-state index contributed by atoms with van der Waals surface area (Å²) in [6.45, 7) is 0. The van der Waals surface area contributed by atoms with Crippen LogP contribution in [0.2, 0.25) is 0 Å². The number of hydrogen-bond donors (Lipinski definition) is 0. The highest BCUT2D eigenvalue weighted by Crippen LogP contribution is 2.23. The number of benzene rings is 1. The third kappa shape index (κ3) is 1.75. The molecule has 0 saturated carbocycles. The fourth-order valence-electron chi connectivity index (χ4n) is 1.58. The number of rotatable bonds is 3. The van der Waals surface area contributed by atoms with Crippen LogP contribution in [0.1, 0.15) is 20.8 Å². The molecule has 0 atom stereocenters. The summed E-state index contributed by atoms with van der Waals surface area (Å²) in [5, 5.41) is 0. The van der Waals surface area contributed by atoms with Crippen molar-refractivity contribution in [2.75, 3.05) is 0 Å². The minimum absolute atomic E-state index is 0.344. The fourth-order valence-corrected chi connectivity index (χ4v) is 1.58. The zero-order valence-corrected chi connectivity index (χ0v) is 8.46. The number of aromatic nitrogens is 1. The lowest BCUT2D eigenvalue weighted by molar-refractivity contribution is 0.111. The van der Waals surface area contributed by atoms with E-state index >= 15 is 0 Å². The minimum atomic E-state index is 0.344. The van der Waals surface area contributed by atoms with Crippen molar-refractivity contribution in [3.8, 4) is 11.1 Å². The van der Waals surface area contributed by atoms with E-state index in [0.29, 0.717) is 23.1 Å². The summed E-state index contributed by atoms with van der Waals surface area (Å²) >= 11 is 0. The number of aldehydes is 2. The second-order valence-corrected chi connectivity index (χ2v) is 3.26. The Morgan fingerprint density at radius 1 is 0.875 bits per heavy atom. The van der Waals surface area contributed by atoms with Gasteiger partial charge in [-0.2, -0.15) is 0 Å². The Morgan fingerprint density at radius 2 is 1.62 bits per heavy atom. The van der Waals surface area contributed by atoms with E-state index in [2.05, 4.69) is 4.98 Å². The maximum atomic E-state index is 10.9. The minimum Gasteiger partial charge on any atom is -0.298 e. The van der Waals surface area contributed by atoms with Gasteiger partial charge in [-0.15, -0.1) is 0 Å². The van der Waals surface area contributed by atoms with Crippen molar-refractivity contribution in [2.45, 2.75) is 0 Å². The highest BCUT2D eigenvalue weighted by atomic mass is 16.1. The van der Waals surface area contributed by atoms with Crippen molar-refractivity contribution in [1.82, 2.24) is 4.98 Å². The Labute approximate surface area is 92.8 Å². The monoisotopic (exact) mass is 211 g/mol. The van der Waals surface area contributed by atoms with Gasteiger partial charge in [-0.25, -0.2) is 0 Å². The second-order valence-electron chi connectivity index (χ2n) is 3.26. The van der Waals surface area contributed by atoms with Crippen LogP contribution in [0, 0.1) is 0 Å². The maximum Gasteiger partial charge on any atom is 0.169 e. The van der Waals surface area contributed by atoms with Crippen molar-refractivity contribution in [3.63, 3.8) is 0 Å². The van der Waals surface area contributed by atoms with Crippen LogP contribution in [-0.4, -0.2) is 17.6 Å². The second kappa shape index (κ2) is 4.49. The first-order chi connectivity index (χ1) is 7.86. The Kier molecular flexibility index (Phi) is 2.87. The van der Waals surface area contributed by atoms with E-state index in [1.165, 1.54) is 0 Å². The van der Waals surface area contributed by atoms with Crippen molar-refractivity contribution < 1.29 is 9.59 Å². The standard InChI is InChI=1S/C13H9NO2/c15-8-10-4-1-2-5-11(10)12-6-3-7-14-13(12)9-16/h1-9H. The zero-order chi connectivity index (χ0) is 11.4. The average molecular weight is 211 g/mol. The first kappa shape index (κ1) is 10.2. The molecule has 0 aliphatic carbocycles. The quantitative estimate of drug-likeness (QED) is 0.732. The Balaban J connectivity index is 2.67. The third-order valence-electron chi connectivity index (χ3n) is 2.33. The van der Waals surface area contributed by atoms with E-state index in [1.54, 1.807) is 36.5 Å². The molecule has 0 radical (unpaired) electrons. The number of nitrogens with zero attached hydrogens (tertiary/aromatic N) is 1. The molecule has 0 amide bonds. The van der Waals surface area contributed by atoms with Gasteiger partial charge in [-0.3, -0.25) is 14.6 Å². The molecule has 0 bridgehead atoms. The maximum absolute atomic E-state index is 10.9. The molecule has 78 valence electrons. The molecule has 0 N–H and O–H groups in total. The average Bonchev–Trinajstić information content (AvgIpc) is 2.38. The van der Waals surface area contributed by atoms with E-state index in [1.807, 2.05) is 6.07 Å². The molecule has 0 aliphatic rings. The van der Waals surface area contributed by atoms with Gasteiger partial charge in [0, 0.05) is 17.3 Å². The van der Waals surface area contributed by atoms with Crippen LogP contribution in [-0.2, 0) is 0 Å². The number of carbonyl (C=O) groups excluding carboxylic acids is 2. The predicted molar refractivity (Wildman–Crippen MR) is 60.4 cm³/mol. The SMILES string of the molecule is O=Cc1ccccc1-c1cccnc1C=O. The molecule has 3 heteroatoms. The summed E-state index contributed by atoms with van der Waals surface area (Å²) in [4.78, 5) is 25.7. The lowest BCUT2D eigenvalue weighted by Crippen LogP contribution is -1.94. The van der Waals surface area contributed by atoms with E-state index in [0.717, 1.165) is 11.8 Å². The van der Waals surface area contributed by atoms with Crippen molar-refractivity contribution in [3.05, 3.63) is 53.9 Å². The third-order valence-corrected chi connectivity index (χ3v) is 2.33. The zero-order valence-electron chi connectivity index (χ0n) is 8.46. The summed E-state index contributed by atoms with van der Waals surface area (Å²) in [5.41, 5.74) is 2.31. The molecule has 16 heavy (non-hydrogen) atoms. The molecule has 1 heterocycles. The van der Waals surface area contributed by atoms with Crippen LogP contribution in [0.25, 0.3) is 11.1 Å². The van der Waals surface area contributed by atoms with Crippen LogP contribution in [0.5, 0.6) is 0 Å². The van der Waals surface area contributed by atoms with Gasteiger partial charge in [0.05, 0.1) is 0 Å². The van der Waals surface area contributed by atoms with Crippen LogP contribution in [0.4, 0.5) is 0 Å². The van der Waals surface area contributed by atoms with Crippen LogP contribution in [0.3, 0.4) is 0 Å². The van der Waals surface area contributed by atoms with Crippen molar-refractivity contribution >= 4 is 12.6 Å². The van der Waals surface area contributed by atoms with E-state index in [-0.39, 0.29) is 0 Å². The molecule has 3 nitrogen and oxygen atoms in total. The van der Waals surface area contributed by atoms with Gasteiger partial charge in [0.1, 0.15) is 5.69 Å². The number of pyridine rings is 1. The fraction of sp³-hybridized carbons (Fsp3) is 0. The summed E-state index contributed by atoms with van der Waals surface area (Å²) in [5.74, 6) is 0. The van der Waals surface area contributed by atoms with E-state index < -0.39 is 0 Å². The molecule has 2 rings (SSSR count). The van der Waals surface area contributed by atoms with E-state index in [4.69, 9.17) is 0 Å². The van der Waals surface area contributed by atoms with Crippen LogP contribution >= 0.6 is 0 Å². The molecule has 0 spiro atoms. The number of hydrogen-bond acceptors (Lipinski definition) is 3. The van der Waals surface area contributed by atoms with Gasteiger partial charge in [0.2, 0.25) is 0 Å². The molecule has 0 unspecified atom stereocenters. The molecule has 1 aromatic carbocycles. The van der Waals surface area contributed by atoms with Crippen LogP contribution in [0.15, 0.2) is 42.6 Å². The first-order valence-electron chi connectivity index (χ1n) is 4.81. The molecular weight excluding hydrogens is 202 g/mol. The summed E-state index contributed by atoms with van der Waals surface area (Å²) < 4.78 is 0. The molecule has 0 aliphatic heterocycles. The van der Waals surface area contributed by atoms with Crippen LogP contribution < -0.4 is 0 Å². The van der Waals surface area contributed by atoms with Gasteiger partial charge >= 0.3 is 0 Å². The summed E-state index contributed by atoms with van der Waals surface area (Å²) in [6.07, 6.45) is 3.02. The summed E-state index contributed by atoms with van der Waals surface area (Å²) in [7, 11) is 0. The van der Waals surface area contributed by atoms with Gasteiger partial charge in [-0.05, 0) is 11.6 Å². The van der Waals surface area contributed by atoms with Gasteiger partial charge in [0.25, 0.3) is 0 Å². The molecule has 2 aromatic rings. The Hall–Kier alpha value is -2.29.